The van der Waals surface area contributed by atoms with Crippen molar-refractivity contribution in [2.45, 2.75) is 18.2 Å². The highest BCUT2D eigenvalue weighted by atomic mass is 79.9. The van der Waals surface area contributed by atoms with E-state index in [9.17, 15) is 21.6 Å². The number of benzene rings is 2. The zero-order valence-corrected chi connectivity index (χ0v) is 20.9. The van der Waals surface area contributed by atoms with Crippen molar-refractivity contribution in [2.24, 2.45) is 0 Å². The molecule has 0 aliphatic carbocycles. The summed E-state index contributed by atoms with van der Waals surface area (Å²) in [4.78, 5) is 14.7. The summed E-state index contributed by atoms with van der Waals surface area (Å²) < 4.78 is 52.6. The minimum Gasteiger partial charge on any atom is -0.310 e. The van der Waals surface area contributed by atoms with Crippen molar-refractivity contribution in [2.75, 3.05) is 42.6 Å². The van der Waals surface area contributed by atoms with E-state index in [4.69, 9.17) is 0 Å². The summed E-state index contributed by atoms with van der Waals surface area (Å²) in [6.45, 7) is 1.85. The van der Waals surface area contributed by atoms with Crippen LogP contribution in [0.25, 0.3) is 0 Å². The highest BCUT2D eigenvalue weighted by molar-refractivity contribution is 9.10. The Morgan fingerprint density at radius 1 is 1.10 bits per heavy atom. The molecule has 8 nitrogen and oxygen atoms in total. The molecule has 1 heterocycles. The first-order valence-electron chi connectivity index (χ1n) is 9.42. The van der Waals surface area contributed by atoms with Crippen molar-refractivity contribution in [1.82, 2.24) is 4.31 Å². The van der Waals surface area contributed by atoms with E-state index in [0.717, 1.165) is 30.5 Å². The summed E-state index contributed by atoms with van der Waals surface area (Å²) in [5, 5.41) is 0. The molecule has 168 valence electrons. The number of nitrogens with zero attached hydrogens (tertiary/aromatic N) is 3. The van der Waals surface area contributed by atoms with E-state index in [1.807, 2.05) is 6.92 Å². The highest BCUT2D eigenvalue weighted by Crippen LogP contribution is 2.32. The average molecular weight is 530 g/mol. The van der Waals surface area contributed by atoms with E-state index >= 15 is 0 Å². The number of hydrogen-bond donors (Lipinski definition) is 0. The Bertz CT molecular complexity index is 1240. The third kappa shape index (κ3) is 4.79. The lowest BCUT2D eigenvalue weighted by molar-refractivity contribution is -0.117. The number of carbonyl (C=O) groups is 1. The molecule has 11 heteroatoms. The van der Waals surface area contributed by atoms with Crippen LogP contribution in [0.4, 0.5) is 11.4 Å². The topological polar surface area (TPSA) is 95.1 Å². The van der Waals surface area contributed by atoms with Gasteiger partial charge in [0, 0.05) is 30.8 Å². The third-order valence-corrected chi connectivity index (χ3v) is 8.98. The number of carbonyl (C=O) groups excluding carboxylic acids is 1. The largest absolute Gasteiger partial charge is 0.310 e. The van der Waals surface area contributed by atoms with Crippen LogP contribution in [0.1, 0.15) is 11.1 Å². The van der Waals surface area contributed by atoms with Crippen LogP contribution in [0.15, 0.2) is 45.8 Å². The molecule has 0 saturated heterocycles. The number of halogens is 1. The van der Waals surface area contributed by atoms with Crippen LogP contribution in [0.5, 0.6) is 0 Å². The van der Waals surface area contributed by atoms with E-state index < -0.39 is 20.0 Å². The Balaban J connectivity index is 1.89. The molecule has 31 heavy (non-hydrogen) atoms. The van der Waals surface area contributed by atoms with Crippen molar-refractivity contribution in [1.29, 1.82) is 0 Å². The first kappa shape index (κ1) is 23.7. The van der Waals surface area contributed by atoms with Crippen molar-refractivity contribution in [3.63, 3.8) is 0 Å². The fourth-order valence-corrected chi connectivity index (χ4v) is 5.44. The van der Waals surface area contributed by atoms with E-state index in [1.165, 1.54) is 25.1 Å². The quantitative estimate of drug-likeness (QED) is 0.572. The molecule has 2 aromatic carbocycles. The number of aryl methyl sites for hydroxylation is 1. The van der Waals surface area contributed by atoms with Gasteiger partial charge in [-0.2, -0.15) is 0 Å². The molecule has 0 atom stereocenters. The van der Waals surface area contributed by atoms with Gasteiger partial charge in [-0.1, -0.05) is 15.9 Å². The van der Waals surface area contributed by atoms with Gasteiger partial charge in [0.1, 0.15) is 6.54 Å². The first-order chi connectivity index (χ1) is 14.3. The van der Waals surface area contributed by atoms with Gasteiger partial charge in [0.25, 0.3) is 0 Å². The monoisotopic (exact) mass is 529 g/mol. The second kappa shape index (κ2) is 8.53. The van der Waals surface area contributed by atoms with Crippen molar-refractivity contribution >= 4 is 53.3 Å². The normalized spacial score (nSPS) is 14.1. The Kier molecular flexibility index (Phi) is 6.52. The van der Waals surface area contributed by atoms with Gasteiger partial charge in [0.15, 0.2) is 0 Å². The van der Waals surface area contributed by atoms with Crippen LogP contribution >= 0.6 is 15.9 Å². The third-order valence-electron chi connectivity index (χ3n) is 5.13. The molecule has 1 amide bonds. The molecule has 0 fully saturated rings. The summed E-state index contributed by atoms with van der Waals surface area (Å²) in [7, 11) is -4.36. The molecule has 0 bridgehead atoms. The standard InChI is InChI=1S/C20H24BrN3O5S2/c1-14-11-16(5-7-18(14)21)24(30(4,26)27)13-20(25)23-10-9-15-12-17(6-8-19(15)23)31(28,29)22(2)3/h5-8,11-12H,9-10,13H2,1-4H3. The molecular weight excluding hydrogens is 506 g/mol. The summed E-state index contributed by atoms with van der Waals surface area (Å²) in [5.41, 5.74) is 2.59. The smallest absolute Gasteiger partial charge is 0.247 e. The second-order valence-corrected chi connectivity index (χ2v) is 12.5. The van der Waals surface area contributed by atoms with Crippen LogP contribution in [-0.2, 0) is 31.3 Å². The zero-order valence-electron chi connectivity index (χ0n) is 17.7. The number of rotatable bonds is 6. The molecule has 1 aliphatic heterocycles. The van der Waals surface area contributed by atoms with Gasteiger partial charge in [-0.05, 0) is 60.9 Å². The fourth-order valence-electron chi connectivity index (χ4n) is 3.40. The fraction of sp³-hybridized carbons (Fsp3) is 0.350. The van der Waals surface area contributed by atoms with Gasteiger partial charge in [-0.3, -0.25) is 9.10 Å². The molecular formula is C20H24BrN3O5S2. The molecule has 0 radical (unpaired) electrons. The minimum absolute atomic E-state index is 0.161. The van der Waals surface area contributed by atoms with Crippen molar-refractivity contribution in [3.05, 3.63) is 52.0 Å². The molecule has 0 saturated carbocycles. The van der Waals surface area contributed by atoms with Crippen LogP contribution in [0.3, 0.4) is 0 Å². The minimum atomic E-state index is -3.70. The molecule has 0 N–H and O–H groups in total. The van der Waals surface area contributed by atoms with Crippen molar-refractivity contribution in [3.8, 4) is 0 Å². The van der Waals surface area contributed by atoms with Crippen LogP contribution in [-0.4, -0.2) is 60.5 Å². The lowest BCUT2D eigenvalue weighted by Crippen LogP contribution is -2.42. The van der Waals surface area contributed by atoms with Gasteiger partial charge in [0.05, 0.1) is 16.8 Å². The van der Waals surface area contributed by atoms with E-state index in [1.54, 1.807) is 30.3 Å². The van der Waals surface area contributed by atoms with Crippen molar-refractivity contribution < 1.29 is 21.6 Å². The first-order valence-corrected chi connectivity index (χ1v) is 13.5. The number of anilines is 2. The van der Waals surface area contributed by atoms with Crippen LogP contribution in [0, 0.1) is 6.92 Å². The number of fused-ring (bicyclic) bond motifs is 1. The maximum Gasteiger partial charge on any atom is 0.247 e. The Hall–Kier alpha value is -1.95. The molecule has 0 unspecified atom stereocenters. The predicted molar refractivity (Wildman–Crippen MR) is 124 cm³/mol. The van der Waals surface area contributed by atoms with Gasteiger partial charge in [-0.25, -0.2) is 21.1 Å². The van der Waals surface area contributed by atoms with E-state index in [0.29, 0.717) is 24.3 Å². The molecule has 1 aliphatic rings. The summed E-state index contributed by atoms with van der Waals surface area (Å²) in [6, 6.07) is 9.73. The Morgan fingerprint density at radius 3 is 2.35 bits per heavy atom. The molecule has 0 spiro atoms. The summed E-state index contributed by atoms with van der Waals surface area (Å²) in [6.07, 6.45) is 1.56. The maximum absolute atomic E-state index is 13.1. The number of amides is 1. The lowest BCUT2D eigenvalue weighted by Gasteiger charge is -2.26. The molecule has 0 aromatic heterocycles. The SMILES string of the molecule is Cc1cc(N(CC(=O)N2CCc3cc(S(=O)(=O)N(C)C)ccc32)S(C)(=O)=O)ccc1Br. The van der Waals surface area contributed by atoms with Crippen LogP contribution in [0.2, 0.25) is 0 Å². The summed E-state index contributed by atoms with van der Waals surface area (Å²) in [5.74, 6) is -0.382. The highest BCUT2D eigenvalue weighted by Gasteiger charge is 2.30. The second-order valence-electron chi connectivity index (χ2n) is 7.58. The predicted octanol–water partition coefficient (Wildman–Crippen LogP) is 2.36. The van der Waals surface area contributed by atoms with Gasteiger partial charge >= 0.3 is 0 Å². The maximum atomic E-state index is 13.1. The average Bonchev–Trinajstić information content (AvgIpc) is 3.10. The Morgan fingerprint density at radius 2 is 1.77 bits per heavy atom. The van der Waals surface area contributed by atoms with Gasteiger partial charge in [-0.15, -0.1) is 0 Å². The lowest BCUT2D eigenvalue weighted by atomic mass is 10.2. The number of sulfonamides is 2. The molecule has 3 rings (SSSR count). The molecule has 2 aromatic rings. The van der Waals surface area contributed by atoms with E-state index in [2.05, 4.69) is 15.9 Å². The Labute approximate surface area is 191 Å². The number of hydrogen-bond acceptors (Lipinski definition) is 5. The van der Waals surface area contributed by atoms with Gasteiger partial charge in [0.2, 0.25) is 26.0 Å². The van der Waals surface area contributed by atoms with E-state index in [-0.39, 0.29) is 17.3 Å². The van der Waals surface area contributed by atoms with Gasteiger partial charge < -0.3 is 4.90 Å². The van der Waals surface area contributed by atoms with Crippen LogP contribution < -0.4 is 9.21 Å². The summed E-state index contributed by atoms with van der Waals surface area (Å²) >= 11 is 3.39. The zero-order chi connectivity index (χ0) is 23.1.